The number of nitrogens with zero attached hydrogens (tertiary/aromatic N) is 2. The summed E-state index contributed by atoms with van der Waals surface area (Å²) in [6, 6.07) is 0. The van der Waals surface area contributed by atoms with Gasteiger partial charge in [-0.05, 0) is 50.4 Å². The van der Waals surface area contributed by atoms with E-state index in [0.29, 0.717) is 23.8 Å². The zero-order valence-electron chi connectivity index (χ0n) is 14.1. The number of carbonyl (C=O) groups is 2. The lowest BCUT2D eigenvalue weighted by Gasteiger charge is -2.35. The first-order chi connectivity index (χ1) is 10.5. The van der Waals surface area contributed by atoms with Gasteiger partial charge in [-0.15, -0.1) is 0 Å². The molecular formula is C18H30N2O2. The van der Waals surface area contributed by atoms with E-state index in [1.165, 1.54) is 6.42 Å². The highest BCUT2D eigenvalue weighted by Crippen LogP contribution is 2.33. The molecule has 3 fully saturated rings. The summed E-state index contributed by atoms with van der Waals surface area (Å²) < 4.78 is 0. The molecule has 1 saturated carbocycles. The molecule has 0 N–H and O–H groups in total. The fraction of sp³-hybridized carbons (Fsp3) is 0.889. The minimum absolute atomic E-state index is 0.0395. The van der Waals surface area contributed by atoms with Gasteiger partial charge in [0.05, 0.1) is 5.92 Å². The van der Waals surface area contributed by atoms with Gasteiger partial charge in [0.1, 0.15) is 0 Å². The van der Waals surface area contributed by atoms with Crippen LogP contribution in [0.2, 0.25) is 0 Å². The van der Waals surface area contributed by atoms with E-state index in [0.717, 1.165) is 58.2 Å². The van der Waals surface area contributed by atoms with E-state index in [1.807, 2.05) is 4.90 Å². The number of hydrogen-bond donors (Lipinski definition) is 0. The van der Waals surface area contributed by atoms with Gasteiger partial charge in [0, 0.05) is 32.1 Å². The molecule has 124 valence electrons. The van der Waals surface area contributed by atoms with Crippen LogP contribution >= 0.6 is 0 Å². The molecule has 4 heteroatoms. The Bertz CT molecular complexity index is 442. The molecule has 0 unspecified atom stereocenters. The molecule has 3 rings (SSSR count). The summed E-state index contributed by atoms with van der Waals surface area (Å²) in [5, 5.41) is 0. The highest BCUT2D eigenvalue weighted by Gasteiger charge is 2.38. The van der Waals surface area contributed by atoms with Crippen molar-refractivity contribution >= 4 is 11.8 Å². The van der Waals surface area contributed by atoms with Crippen LogP contribution in [0.1, 0.15) is 58.8 Å². The van der Waals surface area contributed by atoms with Gasteiger partial charge in [0.2, 0.25) is 11.8 Å². The number of likely N-dealkylation sites (tertiary alicyclic amines) is 2. The van der Waals surface area contributed by atoms with Crippen molar-refractivity contribution in [2.45, 2.75) is 58.8 Å². The van der Waals surface area contributed by atoms with Gasteiger partial charge >= 0.3 is 0 Å². The molecule has 3 aliphatic rings. The summed E-state index contributed by atoms with van der Waals surface area (Å²) in [6.07, 6.45) is 7.44. The zero-order chi connectivity index (χ0) is 15.7. The second-order valence-corrected chi connectivity index (χ2v) is 8.24. The number of carbonyl (C=O) groups excluding carboxylic acids is 2. The van der Waals surface area contributed by atoms with Crippen molar-refractivity contribution in [1.82, 2.24) is 9.80 Å². The van der Waals surface area contributed by atoms with Gasteiger partial charge in [-0.1, -0.05) is 13.8 Å². The van der Waals surface area contributed by atoms with E-state index in [9.17, 15) is 9.59 Å². The van der Waals surface area contributed by atoms with Crippen LogP contribution in [-0.2, 0) is 9.59 Å². The van der Waals surface area contributed by atoms with Crippen molar-refractivity contribution < 1.29 is 9.59 Å². The van der Waals surface area contributed by atoms with Gasteiger partial charge in [0.15, 0.2) is 0 Å². The number of amides is 2. The van der Waals surface area contributed by atoms with Gasteiger partial charge in [0.25, 0.3) is 0 Å². The molecule has 0 aromatic carbocycles. The van der Waals surface area contributed by atoms with Gasteiger partial charge in [-0.25, -0.2) is 0 Å². The normalized spacial score (nSPS) is 29.1. The molecule has 0 radical (unpaired) electrons. The van der Waals surface area contributed by atoms with E-state index in [-0.39, 0.29) is 11.8 Å². The molecule has 0 aromatic rings. The maximum atomic E-state index is 12.9. The second-order valence-electron chi connectivity index (χ2n) is 8.24. The van der Waals surface area contributed by atoms with Crippen LogP contribution in [0, 0.1) is 17.3 Å². The summed E-state index contributed by atoms with van der Waals surface area (Å²) in [5.74, 6) is 0.908. The number of rotatable bonds is 2. The maximum absolute atomic E-state index is 12.9. The summed E-state index contributed by atoms with van der Waals surface area (Å²) in [6.45, 7) is 7.91. The molecule has 2 saturated heterocycles. The Kier molecular flexibility index (Phi) is 4.47. The van der Waals surface area contributed by atoms with E-state index in [4.69, 9.17) is 0 Å². The van der Waals surface area contributed by atoms with Crippen LogP contribution < -0.4 is 0 Å². The molecule has 2 heterocycles. The van der Waals surface area contributed by atoms with Crippen LogP contribution in [0.15, 0.2) is 0 Å². The molecule has 22 heavy (non-hydrogen) atoms. The van der Waals surface area contributed by atoms with Crippen molar-refractivity contribution in [3.05, 3.63) is 0 Å². The topological polar surface area (TPSA) is 40.6 Å². The van der Waals surface area contributed by atoms with Gasteiger partial charge in [-0.2, -0.15) is 0 Å². The smallest absolute Gasteiger partial charge is 0.227 e. The van der Waals surface area contributed by atoms with Crippen LogP contribution in [0.5, 0.6) is 0 Å². The minimum atomic E-state index is 0.0395. The van der Waals surface area contributed by atoms with Crippen molar-refractivity contribution in [1.29, 1.82) is 0 Å². The number of piperidine rings is 1. The Morgan fingerprint density at radius 2 is 1.50 bits per heavy atom. The van der Waals surface area contributed by atoms with Crippen LogP contribution in [0.3, 0.4) is 0 Å². The first-order valence-corrected chi connectivity index (χ1v) is 9.04. The molecule has 0 bridgehead atoms. The fourth-order valence-electron chi connectivity index (χ4n) is 3.87. The molecule has 0 aromatic heterocycles. The summed E-state index contributed by atoms with van der Waals surface area (Å²) >= 11 is 0. The second kappa shape index (κ2) is 6.21. The molecule has 2 amide bonds. The van der Waals surface area contributed by atoms with E-state index >= 15 is 0 Å². The molecule has 1 aliphatic carbocycles. The van der Waals surface area contributed by atoms with Crippen molar-refractivity contribution in [3.63, 3.8) is 0 Å². The lowest BCUT2D eigenvalue weighted by Crippen LogP contribution is -2.47. The summed E-state index contributed by atoms with van der Waals surface area (Å²) in [7, 11) is 0. The average molecular weight is 306 g/mol. The third-order valence-electron chi connectivity index (χ3n) is 5.66. The Labute approximate surface area is 134 Å². The highest BCUT2D eigenvalue weighted by molar-refractivity contribution is 5.83. The summed E-state index contributed by atoms with van der Waals surface area (Å²) in [5.41, 5.74) is 0.357. The largest absolute Gasteiger partial charge is 0.342 e. The predicted molar refractivity (Wildman–Crippen MR) is 86.2 cm³/mol. The summed E-state index contributed by atoms with van der Waals surface area (Å²) in [4.78, 5) is 29.1. The lowest BCUT2D eigenvalue weighted by molar-refractivity contribution is -0.141. The molecule has 4 nitrogen and oxygen atoms in total. The zero-order valence-corrected chi connectivity index (χ0v) is 14.1. The van der Waals surface area contributed by atoms with Crippen molar-refractivity contribution in [2.75, 3.05) is 26.2 Å². The van der Waals surface area contributed by atoms with E-state index < -0.39 is 0 Å². The van der Waals surface area contributed by atoms with Gasteiger partial charge < -0.3 is 9.80 Å². The van der Waals surface area contributed by atoms with Crippen molar-refractivity contribution in [2.24, 2.45) is 17.3 Å². The molecule has 2 aliphatic heterocycles. The van der Waals surface area contributed by atoms with Crippen LogP contribution in [0.4, 0.5) is 0 Å². The average Bonchev–Trinajstić information content (AvgIpc) is 3.34. The molecule has 0 spiro atoms. The third kappa shape index (κ3) is 3.64. The standard InChI is InChI=1S/C18H30N2O2/c1-18(2)8-4-11-19(12-9-18)17(22)15-5-3-10-20(13-15)16(21)14-6-7-14/h14-15H,3-13H2,1-2H3/t15-/m1/s1. The first kappa shape index (κ1) is 15.8. The molecular weight excluding hydrogens is 276 g/mol. The van der Waals surface area contributed by atoms with Gasteiger partial charge in [-0.3, -0.25) is 9.59 Å². The highest BCUT2D eigenvalue weighted by atomic mass is 16.2. The fourth-order valence-corrected chi connectivity index (χ4v) is 3.87. The maximum Gasteiger partial charge on any atom is 0.227 e. The van der Waals surface area contributed by atoms with E-state index in [2.05, 4.69) is 18.7 Å². The van der Waals surface area contributed by atoms with Crippen LogP contribution in [-0.4, -0.2) is 47.8 Å². The predicted octanol–water partition coefficient (Wildman–Crippen LogP) is 2.67. The Morgan fingerprint density at radius 1 is 0.818 bits per heavy atom. The van der Waals surface area contributed by atoms with Crippen molar-refractivity contribution in [3.8, 4) is 0 Å². The third-order valence-corrected chi connectivity index (χ3v) is 5.66. The Hall–Kier alpha value is -1.06. The monoisotopic (exact) mass is 306 g/mol. The van der Waals surface area contributed by atoms with Crippen LogP contribution in [0.25, 0.3) is 0 Å². The quantitative estimate of drug-likeness (QED) is 0.787. The Morgan fingerprint density at radius 3 is 2.23 bits per heavy atom. The minimum Gasteiger partial charge on any atom is -0.342 e. The number of hydrogen-bond acceptors (Lipinski definition) is 2. The Balaban J connectivity index is 1.58. The lowest BCUT2D eigenvalue weighted by atomic mass is 9.85. The van der Waals surface area contributed by atoms with E-state index in [1.54, 1.807) is 0 Å². The molecule has 1 atom stereocenters. The first-order valence-electron chi connectivity index (χ1n) is 9.04. The SMILES string of the molecule is CC1(C)CCCN(C(=O)[C@@H]2CCCN(C(=O)C3CC3)C2)CC1.